The van der Waals surface area contributed by atoms with E-state index in [1.807, 2.05) is 20.8 Å². The molecule has 0 spiro atoms. The van der Waals surface area contributed by atoms with Crippen molar-refractivity contribution >= 4 is 34.8 Å². The molecule has 0 aliphatic heterocycles. The molecule has 2 rings (SSSR count). The molecule has 0 heterocycles. The van der Waals surface area contributed by atoms with Crippen molar-refractivity contribution in [2.75, 3.05) is 29.0 Å². The fraction of sp³-hybridized carbons (Fsp3) is 0.318. The Hall–Kier alpha value is -3.35. The SMILES string of the molecule is CCCNC(=O)c1cccc(NC(=O)CNc2ccc(NC(=O)C(C)C)cc2)c1. The van der Waals surface area contributed by atoms with Crippen LogP contribution in [0.15, 0.2) is 48.5 Å². The van der Waals surface area contributed by atoms with Crippen molar-refractivity contribution in [2.24, 2.45) is 5.92 Å². The Kier molecular flexibility index (Phi) is 8.21. The van der Waals surface area contributed by atoms with Crippen LogP contribution in [0.3, 0.4) is 0 Å². The number of hydrogen-bond acceptors (Lipinski definition) is 4. The van der Waals surface area contributed by atoms with Crippen LogP contribution in [0.1, 0.15) is 37.6 Å². The maximum atomic E-state index is 12.2. The molecule has 7 nitrogen and oxygen atoms in total. The lowest BCUT2D eigenvalue weighted by Gasteiger charge is -2.11. The van der Waals surface area contributed by atoms with E-state index in [0.29, 0.717) is 23.5 Å². The van der Waals surface area contributed by atoms with Gasteiger partial charge in [0.05, 0.1) is 6.54 Å². The molecule has 4 N–H and O–H groups in total. The topological polar surface area (TPSA) is 99.3 Å². The van der Waals surface area contributed by atoms with Crippen molar-refractivity contribution in [2.45, 2.75) is 27.2 Å². The second kappa shape index (κ2) is 10.8. The number of carbonyl (C=O) groups is 3. The Morgan fingerprint density at radius 1 is 0.897 bits per heavy atom. The largest absolute Gasteiger partial charge is 0.376 e. The fourth-order valence-electron chi connectivity index (χ4n) is 2.42. The zero-order valence-electron chi connectivity index (χ0n) is 17.0. The van der Waals surface area contributed by atoms with E-state index in [4.69, 9.17) is 0 Å². The monoisotopic (exact) mass is 396 g/mol. The van der Waals surface area contributed by atoms with E-state index in [-0.39, 0.29) is 30.2 Å². The third-order valence-corrected chi connectivity index (χ3v) is 4.07. The lowest BCUT2D eigenvalue weighted by Crippen LogP contribution is -2.24. The smallest absolute Gasteiger partial charge is 0.251 e. The van der Waals surface area contributed by atoms with Gasteiger partial charge < -0.3 is 21.3 Å². The fourth-order valence-corrected chi connectivity index (χ4v) is 2.42. The number of amides is 3. The van der Waals surface area contributed by atoms with Crippen LogP contribution in [0.4, 0.5) is 17.1 Å². The summed E-state index contributed by atoms with van der Waals surface area (Å²) in [5.74, 6) is -0.526. The molecule has 0 bridgehead atoms. The molecule has 29 heavy (non-hydrogen) atoms. The minimum absolute atomic E-state index is 0.0457. The highest BCUT2D eigenvalue weighted by atomic mass is 16.2. The third kappa shape index (κ3) is 7.29. The van der Waals surface area contributed by atoms with Gasteiger partial charge in [0.15, 0.2) is 0 Å². The molecule has 0 aliphatic carbocycles. The van der Waals surface area contributed by atoms with Crippen molar-refractivity contribution in [1.29, 1.82) is 0 Å². The highest BCUT2D eigenvalue weighted by molar-refractivity contribution is 5.98. The summed E-state index contributed by atoms with van der Waals surface area (Å²) in [5, 5.41) is 11.4. The van der Waals surface area contributed by atoms with E-state index in [1.54, 1.807) is 48.5 Å². The Bertz CT molecular complexity index is 847. The Balaban J connectivity index is 1.85. The van der Waals surface area contributed by atoms with E-state index in [0.717, 1.165) is 12.1 Å². The van der Waals surface area contributed by atoms with Crippen LogP contribution in [-0.4, -0.2) is 30.8 Å². The Labute approximate surface area is 171 Å². The molecule has 0 atom stereocenters. The van der Waals surface area contributed by atoms with Crippen molar-refractivity contribution in [3.8, 4) is 0 Å². The van der Waals surface area contributed by atoms with Gasteiger partial charge >= 0.3 is 0 Å². The molecule has 3 amide bonds. The third-order valence-electron chi connectivity index (χ3n) is 4.07. The Morgan fingerprint density at radius 3 is 2.24 bits per heavy atom. The van der Waals surface area contributed by atoms with Crippen LogP contribution in [0.25, 0.3) is 0 Å². The molecule has 0 saturated heterocycles. The van der Waals surface area contributed by atoms with Gasteiger partial charge in [0.25, 0.3) is 5.91 Å². The normalized spacial score (nSPS) is 10.3. The summed E-state index contributed by atoms with van der Waals surface area (Å²) in [4.78, 5) is 35.9. The molecule has 0 radical (unpaired) electrons. The summed E-state index contributed by atoms with van der Waals surface area (Å²) in [7, 11) is 0. The van der Waals surface area contributed by atoms with Crippen molar-refractivity contribution in [3.63, 3.8) is 0 Å². The Morgan fingerprint density at radius 2 is 1.59 bits per heavy atom. The highest BCUT2D eigenvalue weighted by Gasteiger charge is 2.09. The van der Waals surface area contributed by atoms with Crippen molar-refractivity contribution < 1.29 is 14.4 Å². The van der Waals surface area contributed by atoms with Crippen LogP contribution in [0.2, 0.25) is 0 Å². The van der Waals surface area contributed by atoms with E-state index in [9.17, 15) is 14.4 Å². The van der Waals surface area contributed by atoms with Gasteiger partial charge in [-0.3, -0.25) is 14.4 Å². The van der Waals surface area contributed by atoms with Gasteiger partial charge in [-0.1, -0.05) is 26.8 Å². The molecule has 0 aromatic heterocycles. The summed E-state index contributed by atoms with van der Waals surface area (Å²) < 4.78 is 0. The first-order chi connectivity index (χ1) is 13.9. The quantitative estimate of drug-likeness (QED) is 0.521. The summed E-state index contributed by atoms with van der Waals surface area (Å²) >= 11 is 0. The van der Waals surface area contributed by atoms with E-state index in [2.05, 4.69) is 21.3 Å². The second-order valence-electron chi connectivity index (χ2n) is 6.96. The van der Waals surface area contributed by atoms with E-state index in [1.165, 1.54) is 0 Å². The number of carbonyl (C=O) groups excluding carboxylic acids is 3. The molecular weight excluding hydrogens is 368 g/mol. The lowest BCUT2D eigenvalue weighted by molar-refractivity contribution is -0.119. The number of benzene rings is 2. The zero-order valence-corrected chi connectivity index (χ0v) is 17.0. The molecule has 154 valence electrons. The number of rotatable bonds is 9. The molecular formula is C22H28N4O3. The van der Waals surface area contributed by atoms with E-state index >= 15 is 0 Å². The lowest BCUT2D eigenvalue weighted by atomic mass is 10.2. The first-order valence-corrected chi connectivity index (χ1v) is 9.72. The van der Waals surface area contributed by atoms with Crippen LogP contribution in [-0.2, 0) is 9.59 Å². The van der Waals surface area contributed by atoms with Crippen LogP contribution < -0.4 is 21.3 Å². The summed E-state index contributed by atoms with van der Waals surface area (Å²) in [6.45, 7) is 6.33. The van der Waals surface area contributed by atoms with Gasteiger partial charge in [-0.25, -0.2) is 0 Å². The molecule has 7 heteroatoms. The number of nitrogens with one attached hydrogen (secondary N) is 4. The molecule has 2 aromatic rings. The molecule has 0 aliphatic rings. The van der Waals surface area contributed by atoms with Gasteiger partial charge in [0, 0.05) is 35.1 Å². The van der Waals surface area contributed by atoms with Gasteiger partial charge in [-0.2, -0.15) is 0 Å². The summed E-state index contributed by atoms with van der Waals surface area (Å²) in [5.41, 5.74) is 2.53. The van der Waals surface area contributed by atoms with Crippen LogP contribution in [0, 0.1) is 5.92 Å². The predicted molar refractivity (Wildman–Crippen MR) is 116 cm³/mol. The van der Waals surface area contributed by atoms with Gasteiger partial charge in [-0.15, -0.1) is 0 Å². The van der Waals surface area contributed by atoms with Crippen molar-refractivity contribution in [3.05, 3.63) is 54.1 Å². The van der Waals surface area contributed by atoms with Gasteiger partial charge in [-0.05, 0) is 48.9 Å². The number of hydrogen-bond donors (Lipinski definition) is 4. The van der Waals surface area contributed by atoms with Crippen molar-refractivity contribution in [1.82, 2.24) is 5.32 Å². The minimum Gasteiger partial charge on any atom is -0.376 e. The first-order valence-electron chi connectivity index (χ1n) is 9.72. The maximum absolute atomic E-state index is 12.2. The van der Waals surface area contributed by atoms with Gasteiger partial charge in [0.1, 0.15) is 0 Å². The maximum Gasteiger partial charge on any atom is 0.251 e. The number of anilines is 3. The molecule has 0 saturated carbocycles. The van der Waals surface area contributed by atoms with Gasteiger partial charge in [0.2, 0.25) is 11.8 Å². The zero-order chi connectivity index (χ0) is 21.2. The van der Waals surface area contributed by atoms with Crippen LogP contribution in [0.5, 0.6) is 0 Å². The predicted octanol–water partition coefficient (Wildman–Crippen LogP) is 3.47. The summed E-state index contributed by atoms with van der Waals surface area (Å²) in [6.07, 6.45) is 0.860. The summed E-state index contributed by atoms with van der Waals surface area (Å²) in [6, 6.07) is 14.0. The highest BCUT2D eigenvalue weighted by Crippen LogP contribution is 2.15. The standard InChI is InChI=1S/C22H28N4O3/c1-4-12-23-22(29)16-6-5-7-19(13-16)25-20(27)14-24-17-8-10-18(11-9-17)26-21(28)15(2)3/h5-11,13,15,24H,4,12,14H2,1-3H3,(H,23,29)(H,25,27)(H,26,28). The average Bonchev–Trinajstić information content (AvgIpc) is 2.71. The first kappa shape index (κ1) is 21.9. The molecule has 0 fully saturated rings. The van der Waals surface area contributed by atoms with E-state index < -0.39 is 0 Å². The average molecular weight is 396 g/mol. The molecule has 0 unspecified atom stereocenters. The van der Waals surface area contributed by atoms with Crippen LogP contribution >= 0.6 is 0 Å². The molecule has 2 aromatic carbocycles. The minimum atomic E-state index is -0.228. The second-order valence-corrected chi connectivity index (χ2v) is 6.96.